The van der Waals surface area contributed by atoms with E-state index in [1.54, 1.807) is 17.8 Å². The minimum absolute atomic E-state index is 0.0835. The highest BCUT2D eigenvalue weighted by Crippen LogP contribution is 2.26. The van der Waals surface area contributed by atoms with Crippen molar-refractivity contribution < 1.29 is 14.4 Å². The third-order valence-electron chi connectivity index (χ3n) is 3.63. The molecule has 2 aromatic rings. The first kappa shape index (κ1) is 15.8. The molecule has 0 N–H and O–H groups in total. The average molecular weight is 350 g/mol. The van der Waals surface area contributed by atoms with Gasteiger partial charge in [-0.15, -0.1) is 11.8 Å². The fourth-order valence-corrected chi connectivity index (χ4v) is 2.97. The van der Waals surface area contributed by atoms with Crippen molar-refractivity contribution in [1.29, 1.82) is 0 Å². The van der Waals surface area contributed by atoms with Gasteiger partial charge < -0.3 is 0 Å². The molecule has 0 atom stereocenters. The first-order chi connectivity index (χ1) is 10.9. The number of fused-ring (bicyclic) bond motifs is 1. The van der Waals surface area contributed by atoms with Gasteiger partial charge in [0.25, 0.3) is 0 Å². The number of urea groups is 1. The fraction of sp³-hybridized carbons (Fsp3) is 0.200. The van der Waals surface area contributed by atoms with Gasteiger partial charge in [-0.3, -0.25) is 19.4 Å². The molecule has 0 unspecified atom stereocenters. The lowest BCUT2D eigenvalue weighted by atomic mass is 10.1. The quantitative estimate of drug-likeness (QED) is 0.368. The van der Waals surface area contributed by atoms with E-state index in [0.717, 1.165) is 25.6 Å². The Kier molecular flexibility index (Phi) is 3.99. The second-order valence-corrected chi connectivity index (χ2v) is 6.27. The molecule has 1 aliphatic heterocycles. The number of nitrogens with zero attached hydrogens (tertiary/aromatic N) is 3. The van der Waals surface area contributed by atoms with E-state index in [0.29, 0.717) is 5.56 Å². The highest BCUT2D eigenvalue weighted by Gasteiger charge is 2.42. The van der Waals surface area contributed by atoms with E-state index >= 15 is 0 Å². The van der Waals surface area contributed by atoms with Crippen LogP contribution in [0.5, 0.6) is 0 Å². The van der Waals surface area contributed by atoms with Crippen molar-refractivity contribution in [2.45, 2.75) is 11.4 Å². The summed E-state index contributed by atoms with van der Waals surface area (Å²) in [7, 11) is 1.27. The molecule has 0 bridgehead atoms. The van der Waals surface area contributed by atoms with Crippen molar-refractivity contribution in [3.05, 3.63) is 35.0 Å². The number of rotatable bonds is 3. The molecule has 8 heteroatoms. The number of amides is 4. The molecule has 0 saturated carbocycles. The van der Waals surface area contributed by atoms with Gasteiger partial charge in [-0.2, -0.15) is 0 Å². The predicted molar refractivity (Wildman–Crippen MR) is 87.3 cm³/mol. The number of thioether (sulfide) groups is 1. The molecule has 1 saturated heterocycles. The van der Waals surface area contributed by atoms with Crippen LogP contribution in [0.25, 0.3) is 10.9 Å². The number of hydrogen-bond donors (Lipinski definition) is 0. The fourth-order valence-electron chi connectivity index (χ4n) is 2.33. The summed E-state index contributed by atoms with van der Waals surface area (Å²) >= 11 is 7.78. The van der Waals surface area contributed by atoms with E-state index in [1.165, 1.54) is 7.05 Å². The maximum absolute atomic E-state index is 11.9. The van der Waals surface area contributed by atoms with Gasteiger partial charge in [0.2, 0.25) is 0 Å². The number of hydrogen-bond acceptors (Lipinski definition) is 5. The summed E-state index contributed by atoms with van der Waals surface area (Å²) < 4.78 is 0. The minimum atomic E-state index is -0.855. The first-order valence-electron chi connectivity index (χ1n) is 6.69. The lowest BCUT2D eigenvalue weighted by molar-refractivity contribution is -0.143. The Morgan fingerprint density at radius 1 is 1.17 bits per heavy atom. The Morgan fingerprint density at radius 3 is 2.52 bits per heavy atom. The van der Waals surface area contributed by atoms with Crippen molar-refractivity contribution in [3.8, 4) is 0 Å². The van der Waals surface area contributed by atoms with Crippen molar-refractivity contribution in [2.24, 2.45) is 0 Å². The van der Waals surface area contributed by atoms with Gasteiger partial charge in [0, 0.05) is 22.9 Å². The van der Waals surface area contributed by atoms with Gasteiger partial charge in [-0.05, 0) is 24.5 Å². The maximum Gasteiger partial charge on any atom is 0.334 e. The van der Waals surface area contributed by atoms with Crippen molar-refractivity contribution in [3.63, 3.8) is 0 Å². The molecule has 1 aliphatic rings. The Balaban J connectivity index is 1.97. The van der Waals surface area contributed by atoms with Crippen molar-refractivity contribution in [2.75, 3.05) is 13.3 Å². The zero-order chi connectivity index (χ0) is 16.7. The van der Waals surface area contributed by atoms with Crippen LogP contribution in [0.15, 0.2) is 29.2 Å². The molecule has 0 radical (unpaired) electrons. The molecule has 1 aromatic carbocycles. The van der Waals surface area contributed by atoms with E-state index in [4.69, 9.17) is 11.6 Å². The summed E-state index contributed by atoms with van der Waals surface area (Å²) in [5, 5.41) is 1.05. The van der Waals surface area contributed by atoms with Gasteiger partial charge >= 0.3 is 17.8 Å². The standard InChI is InChI=1S/C15H12ClN3O3S/c1-18-13(20)14(21)19(15(18)22)7-9-5-8-3-4-10(23-2)6-11(8)17-12(9)16/h3-6H,7H2,1-2H3. The predicted octanol–water partition coefficient (Wildman–Crippen LogP) is 2.53. The van der Waals surface area contributed by atoms with Crippen LogP contribution >= 0.6 is 23.4 Å². The number of benzene rings is 1. The summed E-state index contributed by atoms with van der Waals surface area (Å²) in [5.41, 5.74) is 1.25. The van der Waals surface area contributed by atoms with Crippen LogP contribution < -0.4 is 0 Å². The number of halogens is 1. The Hall–Kier alpha value is -2.12. The third-order valence-corrected chi connectivity index (χ3v) is 4.68. The highest BCUT2D eigenvalue weighted by molar-refractivity contribution is 7.98. The monoisotopic (exact) mass is 349 g/mol. The molecule has 4 amide bonds. The molecule has 23 heavy (non-hydrogen) atoms. The molecule has 1 fully saturated rings. The number of carbonyl (C=O) groups is 3. The number of likely N-dealkylation sites (N-methyl/N-ethyl adjacent to an activating group) is 1. The van der Waals surface area contributed by atoms with Gasteiger partial charge in [0.1, 0.15) is 5.15 Å². The minimum Gasteiger partial charge on any atom is -0.263 e. The second kappa shape index (κ2) is 5.82. The SMILES string of the molecule is CSc1ccc2cc(CN3C(=O)C(=O)N(C)C3=O)c(Cl)nc2c1. The number of aromatic nitrogens is 1. The lowest BCUT2D eigenvalue weighted by Crippen LogP contribution is -2.31. The van der Waals surface area contributed by atoms with Crippen LogP contribution in [0.4, 0.5) is 4.79 Å². The zero-order valence-electron chi connectivity index (χ0n) is 12.4. The van der Waals surface area contributed by atoms with E-state index in [-0.39, 0.29) is 11.7 Å². The van der Waals surface area contributed by atoms with Crippen LogP contribution in [0, 0.1) is 0 Å². The Labute approximate surface area is 141 Å². The van der Waals surface area contributed by atoms with E-state index < -0.39 is 17.8 Å². The van der Waals surface area contributed by atoms with Crippen LogP contribution in [0.2, 0.25) is 5.15 Å². The van der Waals surface area contributed by atoms with Gasteiger partial charge in [0.15, 0.2) is 0 Å². The second-order valence-electron chi connectivity index (χ2n) is 5.03. The van der Waals surface area contributed by atoms with E-state index in [9.17, 15) is 14.4 Å². The molecule has 2 heterocycles. The Bertz CT molecular complexity index is 855. The summed E-state index contributed by atoms with van der Waals surface area (Å²) in [6.07, 6.45) is 1.97. The summed E-state index contributed by atoms with van der Waals surface area (Å²) in [6, 6.07) is 6.89. The third kappa shape index (κ3) is 2.66. The zero-order valence-corrected chi connectivity index (χ0v) is 13.9. The summed E-state index contributed by atoms with van der Waals surface area (Å²) in [4.78, 5) is 42.4. The van der Waals surface area contributed by atoms with Crippen LogP contribution in [0.3, 0.4) is 0 Å². The molecular formula is C15H12ClN3O3S. The molecule has 0 aliphatic carbocycles. The Morgan fingerprint density at radius 2 is 1.91 bits per heavy atom. The molecule has 118 valence electrons. The molecular weight excluding hydrogens is 338 g/mol. The van der Waals surface area contributed by atoms with Gasteiger partial charge in [0.05, 0.1) is 12.1 Å². The average Bonchev–Trinajstić information content (AvgIpc) is 2.72. The van der Waals surface area contributed by atoms with Crippen molar-refractivity contribution in [1.82, 2.24) is 14.8 Å². The number of imide groups is 2. The first-order valence-corrected chi connectivity index (χ1v) is 8.29. The summed E-state index contributed by atoms with van der Waals surface area (Å²) in [6.45, 7) is -0.0835. The largest absolute Gasteiger partial charge is 0.334 e. The highest BCUT2D eigenvalue weighted by atomic mass is 35.5. The lowest BCUT2D eigenvalue weighted by Gasteiger charge is -2.14. The van der Waals surface area contributed by atoms with E-state index in [2.05, 4.69) is 4.98 Å². The molecule has 3 rings (SSSR count). The van der Waals surface area contributed by atoms with Crippen molar-refractivity contribution >= 4 is 52.1 Å². The van der Waals surface area contributed by atoms with Crippen LogP contribution in [-0.4, -0.2) is 45.9 Å². The van der Waals surface area contributed by atoms with Crippen LogP contribution in [0.1, 0.15) is 5.56 Å². The normalized spacial score (nSPS) is 15.2. The van der Waals surface area contributed by atoms with Crippen LogP contribution in [-0.2, 0) is 16.1 Å². The molecule has 1 aromatic heterocycles. The molecule has 0 spiro atoms. The van der Waals surface area contributed by atoms with E-state index in [1.807, 2.05) is 24.5 Å². The number of carbonyl (C=O) groups excluding carboxylic acids is 3. The topological polar surface area (TPSA) is 70.6 Å². The number of pyridine rings is 1. The van der Waals surface area contributed by atoms with Gasteiger partial charge in [-0.1, -0.05) is 17.7 Å². The molecule has 6 nitrogen and oxygen atoms in total. The smallest absolute Gasteiger partial charge is 0.263 e. The summed E-state index contributed by atoms with van der Waals surface area (Å²) in [5.74, 6) is -1.70. The maximum atomic E-state index is 11.9. The van der Waals surface area contributed by atoms with Gasteiger partial charge in [-0.25, -0.2) is 9.78 Å².